The van der Waals surface area contributed by atoms with Crippen LogP contribution in [-0.2, 0) is 22.4 Å². The van der Waals surface area contributed by atoms with Gasteiger partial charge in [0.15, 0.2) is 0 Å². The third kappa shape index (κ3) is 7.52. The first-order chi connectivity index (χ1) is 18.2. The molecule has 1 atom stereocenters. The summed E-state index contributed by atoms with van der Waals surface area (Å²) in [6, 6.07) is 17.6. The van der Waals surface area contributed by atoms with Crippen molar-refractivity contribution in [2.24, 2.45) is 0 Å². The van der Waals surface area contributed by atoms with Gasteiger partial charge in [-0.2, -0.15) is 0 Å². The molecule has 1 amide bonds. The van der Waals surface area contributed by atoms with Gasteiger partial charge < -0.3 is 20.6 Å². The number of fused-ring (bicyclic) bond motifs is 2. The van der Waals surface area contributed by atoms with Crippen molar-refractivity contribution in [2.75, 3.05) is 38.0 Å². The third-order valence-corrected chi connectivity index (χ3v) is 7.21. The number of likely N-dealkylation sites (tertiary alicyclic amines) is 1. The molecule has 0 saturated carbocycles. The van der Waals surface area contributed by atoms with Crippen LogP contribution in [0.15, 0.2) is 54.6 Å². The second kappa shape index (κ2) is 13.7. The second-order valence-corrected chi connectivity index (χ2v) is 9.83. The van der Waals surface area contributed by atoms with Crippen molar-refractivity contribution in [1.29, 1.82) is 0 Å². The molecule has 3 heterocycles. The smallest absolute Gasteiger partial charge is 0.312 e. The van der Waals surface area contributed by atoms with Crippen molar-refractivity contribution in [3.05, 3.63) is 71.4 Å². The highest BCUT2D eigenvalue weighted by atomic mass is 16.4. The van der Waals surface area contributed by atoms with Crippen LogP contribution in [0.4, 0.5) is 5.82 Å². The first kappa shape index (κ1) is 26.6. The van der Waals surface area contributed by atoms with E-state index in [4.69, 9.17) is 4.98 Å². The number of benzene rings is 2. The standard InChI is InChI=1S/C16H25N3.C14H13NO3/c1-2-11-19(12-3-1)13-5-7-15-9-8-14-6-4-10-17-16(14)18-15;16-9-15-8-13(14(17)18)12-7-3-5-10-4-1-2-6-11(10)12/h8-9H,1-7,10-13H2,(H,17,18);1-7,9,13H,8H2,(H,15,16)(H,17,18). The summed E-state index contributed by atoms with van der Waals surface area (Å²) in [6.45, 7) is 5.02. The monoisotopic (exact) mass is 502 g/mol. The van der Waals surface area contributed by atoms with E-state index in [1.165, 1.54) is 69.4 Å². The number of aromatic nitrogens is 1. The predicted molar refractivity (Wildman–Crippen MR) is 148 cm³/mol. The molecule has 3 aromatic rings. The Hall–Kier alpha value is -3.45. The number of aliphatic carboxylic acids is 1. The van der Waals surface area contributed by atoms with Crippen LogP contribution in [-0.4, -0.2) is 60.1 Å². The summed E-state index contributed by atoms with van der Waals surface area (Å²) in [4.78, 5) is 29.0. The zero-order valence-electron chi connectivity index (χ0n) is 21.5. The van der Waals surface area contributed by atoms with Gasteiger partial charge in [-0.3, -0.25) is 9.59 Å². The second-order valence-electron chi connectivity index (χ2n) is 9.83. The lowest BCUT2D eigenvalue weighted by molar-refractivity contribution is -0.138. The molecule has 1 aromatic heterocycles. The van der Waals surface area contributed by atoms with E-state index in [1.807, 2.05) is 36.4 Å². The lowest BCUT2D eigenvalue weighted by Gasteiger charge is -2.26. The Labute approximate surface area is 219 Å². The number of carboxylic acid groups (broad SMARTS) is 1. The number of hydrogen-bond donors (Lipinski definition) is 3. The molecule has 196 valence electrons. The molecular formula is C30H38N4O3. The molecule has 1 saturated heterocycles. The van der Waals surface area contributed by atoms with Gasteiger partial charge >= 0.3 is 5.97 Å². The number of aryl methyl sites for hydroxylation is 2. The first-order valence-electron chi connectivity index (χ1n) is 13.5. The van der Waals surface area contributed by atoms with Gasteiger partial charge in [0.05, 0.1) is 5.92 Å². The van der Waals surface area contributed by atoms with E-state index < -0.39 is 11.9 Å². The fourth-order valence-electron chi connectivity index (χ4n) is 5.23. The van der Waals surface area contributed by atoms with E-state index >= 15 is 0 Å². The Balaban J connectivity index is 0.000000173. The minimum absolute atomic E-state index is 0.0901. The number of carboxylic acids is 1. The maximum absolute atomic E-state index is 11.3. The Morgan fingerprint density at radius 1 is 1.05 bits per heavy atom. The fourth-order valence-corrected chi connectivity index (χ4v) is 5.23. The van der Waals surface area contributed by atoms with Gasteiger partial charge in [0.25, 0.3) is 0 Å². The maximum atomic E-state index is 11.3. The van der Waals surface area contributed by atoms with Gasteiger partial charge in [-0.05, 0) is 86.1 Å². The Morgan fingerprint density at radius 3 is 2.68 bits per heavy atom. The number of rotatable bonds is 9. The summed E-state index contributed by atoms with van der Waals surface area (Å²) in [5, 5.41) is 17.0. The summed E-state index contributed by atoms with van der Waals surface area (Å²) < 4.78 is 0. The van der Waals surface area contributed by atoms with Crippen LogP contribution in [0, 0.1) is 0 Å². The topological polar surface area (TPSA) is 94.6 Å². The zero-order chi connectivity index (χ0) is 25.9. The lowest BCUT2D eigenvalue weighted by atomic mass is 9.93. The normalized spacial score (nSPS) is 16.0. The summed E-state index contributed by atoms with van der Waals surface area (Å²) in [5.41, 5.74) is 3.37. The third-order valence-electron chi connectivity index (χ3n) is 7.21. The molecule has 2 aromatic carbocycles. The molecule has 0 radical (unpaired) electrons. The average molecular weight is 503 g/mol. The maximum Gasteiger partial charge on any atom is 0.312 e. The quantitative estimate of drug-likeness (QED) is 0.370. The van der Waals surface area contributed by atoms with Gasteiger partial charge in [-0.15, -0.1) is 0 Å². The van der Waals surface area contributed by atoms with Crippen molar-refractivity contribution in [3.63, 3.8) is 0 Å². The molecule has 5 rings (SSSR count). The summed E-state index contributed by atoms with van der Waals surface area (Å²) in [6.07, 6.45) is 9.50. The van der Waals surface area contributed by atoms with Gasteiger partial charge in [0.1, 0.15) is 5.82 Å². The minimum Gasteiger partial charge on any atom is -0.481 e. The number of amides is 1. The molecule has 37 heavy (non-hydrogen) atoms. The van der Waals surface area contributed by atoms with Crippen molar-refractivity contribution < 1.29 is 14.7 Å². The van der Waals surface area contributed by atoms with E-state index in [0.717, 1.165) is 35.1 Å². The molecule has 1 unspecified atom stereocenters. The molecule has 0 bridgehead atoms. The van der Waals surface area contributed by atoms with Gasteiger partial charge in [-0.1, -0.05) is 55.0 Å². The number of anilines is 1. The summed E-state index contributed by atoms with van der Waals surface area (Å²) >= 11 is 0. The zero-order valence-corrected chi connectivity index (χ0v) is 21.5. The molecule has 1 fully saturated rings. The number of nitrogens with zero attached hydrogens (tertiary/aromatic N) is 2. The van der Waals surface area contributed by atoms with Crippen LogP contribution in [0.3, 0.4) is 0 Å². The van der Waals surface area contributed by atoms with E-state index in [9.17, 15) is 14.7 Å². The Kier molecular flexibility index (Phi) is 9.89. The average Bonchev–Trinajstić information content (AvgIpc) is 2.94. The predicted octanol–water partition coefficient (Wildman–Crippen LogP) is 4.61. The van der Waals surface area contributed by atoms with E-state index in [-0.39, 0.29) is 6.54 Å². The Bertz CT molecular complexity index is 1170. The Morgan fingerprint density at radius 2 is 1.86 bits per heavy atom. The van der Waals surface area contributed by atoms with Crippen LogP contribution in [0.2, 0.25) is 0 Å². The van der Waals surface area contributed by atoms with E-state index in [2.05, 4.69) is 27.7 Å². The van der Waals surface area contributed by atoms with Gasteiger partial charge in [-0.25, -0.2) is 4.98 Å². The number of hydrogen-bond acceptors (Lipinski definition) is 5. The minimum atomic E-state index is -0.944. The number of piperidine rings is 1. The largest absolute Gasteiger partial charge is 0.481 e. The molecule has 2 aliphatic heterocycles. The summed E-state index contributed by atoms with van der Waals surface area (Å²) in [5.74, 6) is -0.538. The molecule has 7 nitrogen and oxygen atoms in total. The van der Waals surface area contributed by atoms with E-state index in [1.54, 1.807) is 6.07 Å². The van der Waals surface area contributed by atoms with Gasteiger partial charge in [0, 0.05) is 18.8 Å². The molecule has 3 N–H and O–H groups in total. The van der Waals surface area contributed by atoms with Crippen molar-refractivity contribution in [2.45, 2.75) is 50.9 Å². The molecule has 0 spiro atoms. The molecule has 0 aliphatic carbocycles. The molecule has 2 aliphatic rings. The van der Waals surface area contributed by atoms with Crippen molar-refractivity contribution in [1.82, 2.24) is 15.2 Å². The van der Waals surface area contributed by atoms with Crippen molar-refractivity contribution in [3.8, 4) is 0 Å². The van der Waals surface area contributed by atoms with Gasteiger partial charge in [0.2, 0.25) is 6.41 Å². The fraction of sp³-hybridized carbons (Fsp3) is 0.433. The van der Waals surface area contributed by atoms with Crippen LogP contribution in [0.5, 0.6) is 0 Å². The first-order valence-corrected chi connectivity index (χ1v) is 13.5. The molecular weight excluding hydrogens is 464 g/mol. The van der Waals surface area contributed by atoms with Crippen LogP contribution in [0.1, 0.15) is 54.8 Å². The molecule has 7 heteroatoms. The highest BCUT2D eigenvalue weighted by Gasteiger charge is 2.21. The highest BCUT2D eigenvalue weighted by Crippen LogP contribution is 2.25. The van der Waals surface area contributed by atoms with Crippen LogP contribution >= 0.6 is 0 Å². The lowest BCUT2D eigenvalue weighted by Crippen LogP contribution is -2.30. The number of nitrogens with one attached hydrogen (secondary N) is 2. The summed E-state index contributed by atoms with van der Waals surface area (Å²) in [7, 11) is 0. The van der Waals surface area contributed by atoms with Crippen LogP contribution in [0.25, 0.3) is 10.8 Å². The van der Waals surface area contributed by atoms with E-state index in [0.29, 0.717) is 6.41 Å². The number of carbonyl (C=O) groups excluding carboxylic acids is 1. The van der Waals surface area contributed by atoms with Crippen LogP contribution < -0.4 is 10.6 Å². The highest BCUT2D eigenvalue weighted by molar-refractivity contribution is 5.91. The number of pyridine rings is 1. The number of carbonyl (C=O) groups is 2. The van der Waals surface area contributed by atoms with Crippen molar-refractivity contribution >= 4 is 29.0 Å². The SMILES string of the molecule is O=CNCC(C(=O)O)c1cccc2ccccc12.c1cc2c(nc1CCCN1CCCCC1)NCCC2.